The fourth-order valence-electron chi connectivity index (χ4n) is 1.77. The average Bonchev–Trinajstić information content (AvgIpc) is 2.16. The molecule has 16 heavy (non-hydrogen) atoms. The Morgan fingerprint density at radius 2 is 2.06 bits per heavy atom. The Morgan fingerprint density at radius 3 is 2.56 bits per heavy atom. The number of carbonyl (C=O) groups is 1. The van der Waals surface area contributed by atoms with Crippen LogP contribution in [0.3, 0.4) is 0 Å². The maximum atomic E-state index is 11.6. The topological polar surface area (TPSA) is 20.3 Å². The molecule has 0 aliphatic carbocycles. The fraction of sp³-hybridized carbons (Fsp3) is 0.462. The molecule has 0 spiro atoms. The number of carbonyl (C=O) groups excluding carboxylic acids is 1. The predicted octanol–water partition coefficient (Wildman–Crippen LogP) is 3.74. The monoisotopic (exact) mass is 283 g/mol. The van der Waals surface area contributed by atoms with E-state index in [1.54, 1.807) is 6.92 Å². The van der Waals surface area contributed by atoms with Gasteiger partial charge >= 0.3 is 0 Å². The zero-order valence-corrected chi connectivity index (χ0v) is 11.8. The lowest BCUT2D eigenvalue weighted by molar-refractivity contribution is 0.101. The van der Waals surface area contributed by atoms with Crippen molar-refractivity contribution in [2.24, 2.45) is 5.92 Å². The second-order valence-corrected chi connectivity index (χ2v) is 5.41. The molecule has 0 fully saturated rings. The smallest absolute Gasteiger partial charge is 0.161 e. The van der Waals surface area contributed by atoms with Gasteiger partial charge in [-0.1, -0.05) is 29.8 Å². The highest BCUT2D eigenvalue weighted by Gasteiger charge is 2.12. The van der Waals surface area contributed by atoms with E-state index in [1.807, 2.05) is 25.2 Å². The largest absolute Gasteiger partial charge is 0.374 e. The van der Waals surface area contributed by atoms with Crippen molar-refractivity contribution >= 4 is 27.4 Å². The minimum absolute atomic E-state index is 0.104. The third-order valence-electron chi connectivity index (χ3n) is 2.39. The minimum Gasteiger partial charge on any atom is -0.374 e. The third kappa shape index (κ3) is 3.34. The first-order valence-corrected chi connectivity index (χ1v) is 6.22. The van der Waals surface area contributed by atoms with E-state index in [0.717, 1.165) is 22.3 Å². The van der Waals surface area contributed by atoms with Crippen LogP contribution in [-0.4, -0.2) is 19.4 Å². The normalized spacial score (nSPS) is 10.6. The van der Waals surface area contributed by atoms with Gasteiger partial charge in [0.2, 0.25) is 0 Å². The van der Waals surface area contributed by atoms with Crippen LogP contribution in [0.5, 0.6) is 0 Å². The second kappa shape index (κ2) is 5.48. The van der Waals surface area contributed by atoms with Gasteiger partial charge in [0.25, 0.3) is 0 Å². The van der Waals surface area contributed by atoms with Gasteiger partial charge in [-0.05, 0) is 31.0 Å². The summed E-state index contributed by atoms with van der Waals surface area (Å²) in [6.07, 6.45) is 0. The number of rotatable bonds is 4. The summed E-state index contributed by atoms with van der Waals surface area (Å²) < 4.78 is 0.944. The molecule has 0 aromatic heterocycles. The predicted molar refractivity (Wildman–Crippen MR) is 72.3 cm³/mol. The molecular weight excluding hydrogens is 266 g/mol. The molecule has 0 radical (unpaired) electrons. The molecule has 0 heterocycles. The lowest BCUT2D eigenvalue weighted by Crippen LogP contribution is -2.24. The average molecular weight is 284 g/mol. The molecule has 1 rings (SSSR count). The van der Waals surface area contributed by atoms with Crippen LogP contribution in [0.25, 0.3) is 0 Å². The Hall–Kier alpha value is -0.830. The van der Waals surface area contributed by atoms with Crippen LogP contribution in [0.2, 0.25) is 0 Å². The molecule has 2 nitrogen and oxygen atoms in total. The Morgan fingerprint density at radius 1 is 1.44 bits per heavy atom. The number of Topliss-reactive ketones (excluding diaryl/α,β-unsaturated/α-hetero) is 1. The zero-order chi connectivity index (χ0) is 12.3. The van der Waals surface area contributed by atoms with Crippen LogP contribution in [0.4, 0.5) is 5.69 Å². The van der Waals surface area contributed by atoms with E-state index >= 15 is 0 Å². The quantitative estimate of drug-likeness (QED) is 0.785. The van der Waals surface area contributed by atoms with Gasteiger partial charge in [0.1, 0.15) is 0 Å². The number of anilines is 1. The van der Waals surface area contributed by atoms with E-state index in [0.29, 0.717) is 5.92 Å². The minimum atomic E-state index is 0.104. The molecule has 0 atom stereocenters. The van der Waals surface area contributed by atoms with Gasteiger partial charge in [0, 0.05) is 29.3 Å². The van der Waals surface area contributed by atoms with E-state index in [-0.39, 0.29) is 5.78 Å². The van der Waals surface area contributed by atoms with Gasteiger partial charge in [-0.25, -0.2) is 0 Å². The van der Waals surface area contributed by atoms with Gasteiger partial charge in [-0.15, -0.1) is 0 Å². The summed E-state index contributed by atoms with van der Waals surface area (Å²) in [6.45, 7) is 6.89. The van der Waals surface area contributed by atoms with Gasteiger partial charge in [0.05, 0.1) is 0 Å². The van der Waals surface area contributed by atoms with Crippen molar-refractivity contribution in [3.8, 4) is 0 Å². The van der Waals surface area contributed by atoms with E-state index in [4.69, 9.17) is 0 Å². The molecule has 0 unspecified atom stereocenters. The Bertz CT molecular complexity index is 388. The van der Waals surface area contributed by atoms with E-state index in [2.05, 4.69) is 34.7 Å². The molecule has 0 saturated carbocycles. The summed E-state index contributed by atoms with van der Waals surface area (Å²) in [5.41, 5.74) is 1.78. The Labute approximate surface area is 106 Å². The molecule has 0 N–H and O–H groups in total. The molecule has 0 aliphatic heterocycles. The zero-order valence-electron chi connectivity index (χ0n) is 10.2. The van der Waals surface area contributed by atoms with E-state index < -0.39 is 0 Å². The van der Waals surface area contributed by atoms with Gasteiger partial charge in [-0.3, -0.25) is 4.79 Å². The maximum Gasteiger partial charge on any atom is 0.161 e. The van der Waals surface area contributed by atoms with Crippen LogP contribution in [0.15, 0.2) is 22.7 Å². The highest BCUT2D eigenvalue weighted by Crippen LogP contribution is 2.24. The highest BCUT2D eigenvalue weighted by molar-refractivity contribution is 9.10. The standard InChI is InChI=1S/C13H18BrNO/c1-9(2)8-15(4)13-6-5-11(14)7-12(13)10(3)16/h5-7,9H,8H2,1-4H3. The summed E-state index contributed by atoms with van der Waals surface area (Å²) in [5, 5.41) is 0. The highest BCUT2D eigenvalue weighted by atomic mass is 79.9. The molecule has 0 bridgehead atoms. The first-order chi connectivity index (χ1) is 7.41. The molecule has 88 valence electrons. The van der Waals surface area contributed by atoms with Crippen molar-refractivity contribution < 1.29 is 4.79 Å². The first-order valence-electron chi connectivity index (χ1n) is 5.43. The maximum absolute atomic E-state index is 11.6. The fourth-order valence-corrected chi connectivity index (χ4v) is 2.13. The molecular formula is C13H18BrNO. The van der Waals surface area contributed by atoms with Crippen LogP contribution in [-0.2, 0) is 0 Å². The summed E-state index contributed by atoms with van der Waals surface area (Å²) >= 11 is 3.39. The van der Waals surface area contributed by atoms with Crippen molar-refractivity contribution in [1.82, 2.24) is 0 Å². The van der Waals surface area contributed by atoms with Crippen molar-refractivity contribution in [3.05, 3.63) is 28.2 Å². The van der Waals surface area contributed by atoms with Crippen LogP contribution in [0.1, 0.15) is 31.1 Å². The molecule has 0 aliphatic rings. The van der Waals surface area contributed by atoms with Crippen molar-refractivity contribution in [3.63, 3.8) is 0 Å². The van der Waals surface area contributed by atoms with Gasteiger partial charge in [-0.2, -0.15) is 0 Å². The molecule has 3 heteroatoms. The van der Waals surface area contributed by atoms with Gasteiger partial charge < -0.3 is 4.90 Å². The van der Waals surface area contributed by atoms with Crippen LogP contribution < -0.4 is 4.90 Å². The van der Waals surface area contributed by atoms with Crippen molar-refractivity contribution in [2.75, 3.05) is 18.5 Å². The summed E-state index contributed by atoms with van der Waals surface area (Å²) in [4.78, 5) is 13.7. The number of halogens is 1. The summed E-state index contributed by atoms with van der Waals surface area (Å²) in [6, 6.07) is 5.84. The molecule has 1 aromatic carbocycles. The number of nitrogens with zero attached hydrogens (tertiary/aromatic N) is 1. The molecule has 1 aromatic rings. The molecule has 0 saturated heterocycles. The first kappa shape index (κ1) is 13.2. The van der Waals surface area contributed by atoms with E-state index in [9.17, 15) is 4.79 Å². The SMILES string of the molecule is CC(=O)c1cc(Br)ccc1N(C)CC(C)C. The second-order valence-electron chi connectivity index (χ2n) is 4.49. The van der Waals surface area contributed by atoms with Crippen LogP contribution in [0, 0.1) is 5.92 Å². The van der Waals surface area contributed by atoms with Crippen molar-refractivity contribution in [2.45, 2.75) is 20.8 Å². The summed E-state index contributed by atoms with van der Waals surface area (Å²) in [7, 11) is 2.02. The molecule has 0 amide bonds. The number of ketones is 1. The lowest BCUT2D eigenvalue weighted by Gasteiger charge is -2.23. The Balaban J connectivity index is 3.07. The van der Waals surface area contributed by atoms with Gasteiger partial charge in [0.15, 0.2) is 5.78 Å². The number of hydrogen-bond acceptors (Lipinski definition) is 2. The third-order valence-corrected chi connectivity index (χ3v) is 2.88. The lowest BCUT2D eigenvalue weighted by atomic mass is 10.1. The van der Waals surface area contributed by atoms with E-state index in [1.165, 1.54) is 0 Å². The van der Waals surface area contributed by atoms with Crippen LogP contribution >= 0.6 is 15.9 Å². The van der Waals surface area contributed by atoms with Crippen molar-refractivity contribution in [1.29, 1.82) is 0 Å². The number of benzene rings is 1. The number of hydrogen-bond donors (Lipinski definition) is 0. The summed E-state index contributed by atoms with van der Waals surface area (Å²) in [5.74, 6) is 0.681. The Kier molecular flexibility index (Phi) is 4.54.